The number of aldehydes is 1. The first-order chi connectivity index (χ1) is 9.24. The topological polar surface area (TPSA) is 97.5 Å². The third-order valence-electron chi connectivity index (χ3n) is 3.01. The van der Waals surface area contributed by atoms with E-state index in [1.807, 2.05) is 0 Å². The van der Waals surface area contributed by atoms with E-state index >= 15 is 0 Å². The molecule has 6 nitrogen and oxygen atoms in total. The second-order valence-electron chi connectivity index (χ2n) is 4.36. The number of amides is 1. The predicted octanol–water partition coefficient (Wildman–Crippen LogP) is 1.42. The van der Waals surface area contributed by atoms with E-state index in [9.17, 15) is 18.0 Å². The lowest BCUT2D eigenvalue weighted by Gasteiger charge is -2.20. The zero-order chi connectivity index (χ0) is 15.1. The van der Waals surface area contributed by atoms with Gasteiger partial charge in [-0.2, -0.15) is 0 Å². The van der Waals surface area contributed by atoms with Crippen LogP contribution in [0.1, 0.15) is 16.8 Å². The van der Waals surface area contributed by atoms with Crippen LogP contribution in [-0.2, 0) is 14.8 Å². The van der Waals surface area contributed by atoms with Gasteiger partial charge in [0.15, 0.2) is 6.29 Å². The number of benzene rings is 1. The number of hydrogen-bond acceptors (Lipinski definition) is 4. The summed E-state index contributed by atoms with van der Waals surface area (Å²) >= 11 is 6.53. The van der Waals surface area contributed by atoms with E-state index < -0.39 is 15.3 Å². The molecule has 0 radical (unpaired) electrons. The number of primary sulfonamides is 1. The highest BCUT2D eigenvalue weighted by Crippen LogP contribution is 2.35. The van der Waals surface area contributed by atoms with E-state index in [0.29, 0.717) is 20.9 Å². The Morgan fingerprint density at radius 2 is 2.00 bits per heavy atom. The Balaban J connectivity index is 2.48. The molecule has 1 aliphatic heterocycles. The Labute approximate surface area is 132 Å². The number of hydrogen-bond donors (Lipinski definition) is 1. The normalized spacial score (nSPS) is 19.4. The van der Waals surface area contributed by atoms with E-state index in [1.165, 1.54) is 4.90 Å². The lowest BCUT2D eigenvalue weighted by Crippen LogP contribution is -2.32. The standard InChI is InChI=1S/C11H10Br2N2O4S/c12-7-1-6(5-16)11(9(13)2-7)15-4-8(3-10(15)17)20(14,18)19/h1-2,5,8H,3-4H2,(H2,14,18,19). The minimum absolute atomic E-state index is 0.0568. The quantitative estimate of drug-likeness (QED) is 0.740. The van der Waals surface area contributed by atoms with Gasteiger partial charge in [-0.3, -0.25) is 9.59 Å². The fourth-order valence-electron chi connectivity index (χ4n) is 2.07. The molecule has 0 saturated carbocycles. The first-order valence-corrected chi connectivity index (χ1v) is 8.69. The summed E-state index contributed by atoms with van der Waals surface area (Å²) in [6.45, 7) is -0.0568. The fraction of sp³-hybridized carbons (Fsp3) is 0.273. The number of nitrogens with two attached hydrogens (primary N) is 1. The zero-order valence-corrected chi connectivity index (χ0v) is 14.0. The van der Waals surface area contributed by atoms with Gasteiger partial charge < -0.3 is 4.90 Å². The SMILES string of the molecule is NS(=O)(=O)C1CC(=O)N(c2c(Br)cc(Br)cc2C=O)C1. The maximum atomic E-state index is 12.0. The molecule has 1 amide bonds. The van der Waals surface area contributed by atoms with Gasteiger partial charge in [-0.15, -0.1) is 0 Å². The molecule has 2 N–H and O–H groups in total. The van der Waals surface area contributed by atoms with E-state index in [4.69, 9.17) is 5.14 Å². The van der Waals surface area contributed by atoms with Crippen molar-refractivity contribution < 1.29 is 18.0 Å². The van der Waals surface area contributed by atoms with Crippen molar-refractivity contribution in [1.29, 1.82) is 0 Å². The van der Waals surface area contributed by atoms with Crippen molar-refractivity contribution in [3.8, 4) is 0 Å². The average Bonchev–Trinajstić information content (AvgIpc) is 2.70. The van der Waals surface area contributed by atoms with Gasteiger partial charge in [0.05, 0.1) is 5.69 Å². The summed E-state index contributed by atoms with van der Waals surface area (Å²) in [7, 11) is -3.79. The summed E-state index contributed by atoms with van der Waals surface area (Å²) in [5, 5.41) is 4.13. The molecule has 0 spiro atoms. The third kappa shape index (κ3) is 2.95. The summed E-state index contributed by atoms with van der Waals surface area (Å²) in [4.78, 5) is 24.4. The fourth-order valence-corrected chi connectivity index (χ4v) is 4.28. The monoisotopic (exact) mass is 424 g/mol. The van der Waals surface area contributed by atoms with Crippen molar-refractivity contribution in [3.05, 3.63) is 26.6 Å². The predicted molar refractivity (Wildman–Crippen MR) is 81.1 cm³/mol. The lowest BCUT2D eigenvalue weighted by molar-refractivity contribution is -0.117. The summed E-state index contributed by atoms with van der Waals surface area (Å²) in [6.07, 6.45) is 0.433. The van der Waals surface area contributed by atoms with E-state index in [2.05, 4.69) is 31.9 Å². The number of halogens is 2. The maximum Gasteiger partial charge on any atom is 0.228 e. The molecule has 9 heteroatoms. The molecule has 1 aliphatic rings. The molecular weight excluding hydrogens is 416 g/mol. The molecule has 0 aromatic heterocycles. The molecule has 1 saturated heterocycles. The van der Waals surface area contributed by atoms with Gasteiger partial charge in [-0.05, 0) is 28.1 Å². The highest BCUT2D eigenvalue weighted by molar-refractivity contribution is 9.11. The van der Waals surface area contributed by atoms with Crippen LogP contribution in [0.2, 0.25) is 0 Å². The van der Waals surface area contributed by atoms with E-state index in [0.717, 1.165) is 0 Å². The van der Waals surface area contributed by atoms with Crippen LogP contribution in [0.3, 0.4) is 0 Å². The second-order valence-corrected chi connectivity index (χ2v) is 7.98. The van der Waals surface area contributed by atoms with Crippen LogP contribution < -0.4 is 10.0 Å². The van der Waals surface area contributed by atoms with Crippen molar-refractivity contribution in [2.75, 3.05) is 11.4 Å². The Morgan fingerprint density at radius 1 is 1.35 bits per heavy atom. The number of nitrogens with zero attached hydrogens (tertiary/aromatic N) is 1. The minimum atomic E-state index is -3.79. The molecule has 1 fully saturated rings. The number of rotatable bonds is 3. The van der Waals surface area contributed by atoms with Gasteiger partial charge in [-0.25, -0.2) is 13.6 Å². The van der Waals surface area contributed by atoms with Crippen molar-refractivity contribution >= 4 is 59.8 Å². The Bertz CT molecular complexity index is 690. The van der Waals surface area contributed by atoms with Crippen LogP contribution in [0, 0.1) is 0 Å². The maximum absolute atomic E-state index is 12.0. The van der Waals surface area contributed by atoms with Crippen LogP contribution in [0.25, 0.3) is 0 Å². The summed E-state index contributed by atoms with van der Waals surface area (Å²) in [6, 6.07) is 3.24. The van der Waals surface area contributed by atoms with E-state index in [1.54, 1.807) is 12.1 Å². The summed E-state index contributed by atoms with van der Waals surface area (Å²) in [5.74, 6) is -0.379. The Hall–Kier alpha value is -0.770. The molecule has 0 bridgehead atoms. The molecule has 2 rings (SSSR count). The van der Waals surface area contributed by atoms with Crippen LogP contribution in [0.15, 0.2) is 21.1 Å². The zero-order valence-electron chi connectivity index (χ0n) is 10.0. The average molecular weight is 426 g/mol. The minimum Gasteiger partial charge on any atom is -0.309 e. The van der Waals surface area contributed by atoms with Crippen molar-refractivity contribution in [3.63, 3.8) is 0 Å². The molecule has 1 aromatic rings. The number of anilines is 1. The number of carbonyl (C=O) groups is 2. The molecule has 0 aliphatic carbocycles. The number of sulfonamides is 1. The van der Waals surface area contributed by atoms with Crippen LogP contribution >= 0.6 is 31.9 Å². The van der Waals surface area contributed by atoms with Gasteiger partial charge in [-0.1, -0.05) is 15.9 Å². The highest BCUT2D eigenvalue weighted by atomic mass is 79.9. The smallest absolute Gasteiger partial charge is 0.228 e. The van der Waals surface area contributed by atoms with Crippen molar-refractivity contribution in [2.24, 2.45) is 5.14 Å². The molecule has 20 heavy (non-hydrogen) atoms. The van der Waals surface area contributed by atoms with Gasteiger partial charge in [0, 0.05) is 27.5 Å². The highest BCUT2D eigenvalue weighted by Gasteiger charge is 2.38. The first kappa shape index (κ1) is 15.6. The molecule has 108 valence electrons. The molecule has 1 aromatic carbocycles. The van der Waals surface area contributed by atoms with Gasteiger partial charge >= 0.3 is 0 Å². The Kier molecular flexibility index (Phi) is 4.33. The lowest BCUT2D eigenvalue weighted by atomic mass is 10.2. The van der Waals surface area contributed by atoms with Crippen molar-refractivity contribution in [2.45, 2.75) is 11.7 Å². The first-order valence-electron chi connectivity index (χ1n) is 5.50. The van der Waals surface area contributed by atoms with Crippen LogP contribution in [-0.4, -0.2) is 32.4 Å². The van der Waals surface area contributed by atoms with E-state index in [-0.39, 0.29) is 24.4 Å². The summed E-state index contributed by atoms with van der Waals surface area (Å²) < 4.78 is 23.9. The van der Waals surface area contributed by atoms with Gasteiger partial charge in [0.1, 0.15) is 5.25 Å². The van der Waals surface area contributed by atoms with Crippen LogP contribution in [0.5, 0.6) is 0 Å². The number of carbonyl (C=O) groups excluding carboxylic acids is 2. The summed E-state index contributed by atoms with van der Waals surface area (Å²) in [5.41, 5.74) is 0.647. The molecule has 1 atom stereocenters. The molecule has 1 heterocycles. The Morgan fingerprint density at radius 3 is 2.50 bits per heavy atom. The molecule has 1 unspecified atom stereocenters. The van der Waals surface area contributed by atoms with Crippen LogP contribution in [0.4, 0.5) is 5.69 Å². The van der Waals surface area contributed by atoms with Gasteiger partial charge in [0.25, 0.3) is 0 Å². The van der Waals surface area contributed by atoms with Crippen molar-refractivity contribution in [1.82, 2.24) is 0 Å². The van der Waals surface area contributed by atoms with Gasteiger partial charge in [0.2, 0.25) is 15.9 Å². The molecular formula is C11H10Br2N2O4S. The third-order valence-corrected chi connectivity index (χ3v) is 5.32. The largest absolute Gasteiger partial charge is 0.309 e. The second kappa shape index (κ2) is 5.55.